The first kappa shape index (κ1) is 13.4. The maximum atomic E-state index is 5.60. The van der Waals surface area contributed by atoms with Crippen LogP contribution in [0.4, 0.5) is 5.69 Å². The minimum atomic E-state index is 0.783. The SMILES string of the molecule is CC.CC.Nc1ccc2ccncc2c1. The molecular formula is C13H20N2. The minimum absolute atomic E-state index is 0.783. The lowest BCUT2D eigenvalue weighted by Gasteiger charge is -1.96. The lowest BCUT2D eigenvalue weighted by Crippen LogP contribution is -1.83. The number of pyridine rings is 1. The Morgan fingerprint density at radius 1 is 0.933 bits per heavy atom. The van der Waals surface area contributed by atoms with Crippen molar-refractivity contribution in [2.45, 2.75) is 27.7 Å². The number of hydrogen-bond donors (Lipinski definition) is 1. The van der Waals surface area contributed by atoms with Crippen LogP contribution in [0.2, 0.25) is 0 Å². The zero-order valence-corrected chi connectivity index (χ0v) is 9.99. The number of aromatic nitrogens is 1. The summed E-state index contributed by atoms with van der Waals surface area (Å²) in [4.78, 5) is 4.00. The molecule has 1 aromatic carbocycles. The Bertz CT molecular complexity index is 383. The first-order chi connectivity index (χ1) is 7.36. The molecule has 2 rings (SSSR count). The van der Waals surface area contributed by atoms with Crippen LogP contribution in [-0.4, -0.2) is 4.98 Å². The molecule has 0 aliphatic rings. The molecule has 0 bridgehead atoms. The summed E-state index contributed by atoms with van der Waals surface area (Å²) >= 11 is 0. The van der Waals surface area contributed by atoms with Crippen LogP contribution in [0.25, 0.3) is 10.8 Å². The van der Waals surface area contributed by atoms with Crippen molar-refractivity contribution >= 4 is 16.5 Å². The topological polar surface area (TPSA) is 38.9 Å². The smallest absolute Gasteiger partial charge is 0.0347 e. The fraction of sp³-hybridized carbons (Fsp3) is 0.308. The molecule has 2 nitrogen and oxygen atoms in total. The van der Waals surface area contributed by atoms with Crippen LogP contribution in [0.1, 0.15) is 27.7 Å². The number of rotatable bonds is 0. The van der Waals surface area contributed by atoms with E-state index in [1.54, 1.807) is 6.20 Å². The van der Waals surface area contributed by atoms with E-state index >= 15 is 0 Å². The van der Waals surface area contributed by atoms with Crippen LogP contribution >= 0.6 is 0 Å². The molecule has 2 heteroatoms. The van der Waals surface area contributed by atoms with Gasteiger partial charge < -0.3 is 5.73 Å². The van der Waals surface area contributed by atoms with Crippen molar-refractivity contribution < 1.29 is 0 Å². The molecule has 0 aliphatic heterocycles. The van der Waals surface area contributed by atoms with Gasteiger partial charge in [0.2, 0.25) is 0 Å². The number of nitrogens with zero attached hydrogens (tertiary/aromatic N) is 1. The van der Waals surface area contributed by atoms with E-state index in [0.29, 0.717) is 0 Å². The van der Waals surface area contributed by atoms with E-state index in [2.05, 4.69) is 4.98 Å². The van der Waals surface area contributed by atoms with E-state index in [4.69, 9.17) is 5.73 Å². The lowest BCUT2D eigenvalue weighted by atomic mass is 10.2. The summed E-state index contributed by atoms with van der Waals surface area (Å²) < 4.78 is 0. The first-order valence-electron chi connectivity index (χ1n) is 5.45. The van der Waals surface area contributed by atoms with Crippen molar-refractivity contribution in [1.29, 1.82) is 0 Å². The second kappa shape index (κ2) is 7.80. The van der Waals surface area contributed by atoms with Crippen molar-refractivity contribution in [3.63, 3.8) is 0 Å². The standard InChI is InChI=1S/C9H8N2.2C2H6/c10-9-2-1-7-3-4-11-6-8(7)5-9;2*1-2/h1-6H,10H2;2*1-2H3. The second-order valence-electron chi connectivity index (χ2n) is 2.48. The Kier molecular flexibility index (Phi) is 6.98. The molecule has 0 saturated carbocycles. The highest BCUT2D eigenvalue weighted by atomic mass is 14.6. The fourth-order valence-electron chi connectivity index (χ4n) is 1.10. The van der Waals surface area contributed by atoms with Gasteiger partial charge in [-0.3, -0.25) is 4.98 Å². The molecule has 15 heavy (non-hydrogen) atoms. The van der Waals surface area contributed by atoms with Crippen LogP contribution in [0.15, 0.2) is 36.7 Å². The van der Waals surface area contributed by atoms with E-state index < -0.39 is 0 Å². The van der Waals surface area contributed by atoms with Crippen LogP contribution in [0, 0.1) is 0 Å². The van der Waals surface area contributed by atoms with Crippen LogP contribution in [-0.2, 0) is 0 Å². The molecule has 1 aromatic heterocycles. The van der Waals surface area contributed by atoms with E-state index in [1.807, 2.05) is 58.2 Å². The average Bonchev–Trinajstić information content (AvgIpc) is 2.34. The highest BCUT2D eigenvalue weighted by molar-refractivity contribution is 5.84. The quantitative estimate of drug-likeness (QED) is 0.662. The minimum Gasteiger partial charge on any atom is -0.399 e. The summed E-state index contributed by atoms with van der Waals surface area (Å²) in [5.74, 6) is 0. The lowest BCUT2D eigenvalue weighted by molar-refractivity contribution is 1.36. The Morgan fingerprint density at radius 3 is 2.27 bits per heavy atom. The average molecular weight is 204 g/mol. The molecule has 2 aromatic rings. The third kappa shape index (κ3) is 3.98. The summed E-state index contributed by atoms with van der Waals surface area (Å²) in [7, 11) is 0. The van der Waals surface area contributed by atoms with E-state index in [-0.39, 0.29) is 0 Å². The molecule has 0 radical (unpaired) electrons. The van der Waals surface area contributed by atoms with Gasteiger partial charge in [-0.05, 0) is 23.6 Å². The molecule has 0 atom stereocenters. The summed E-state index contributed by atoms with van der Waals surface area (Å²) in [5.41, 5.74) is 6.38. The van der Waals surface area contributed by atoms with E-state index in [9.17, 15) is 0 Å². The van der Waals surface area contributed by atoms with E-state index in [0.717, 1.165) is 11.1 Å². The largest absolute Gasteiger partial charge is 0.399 e. The van der Waals surface area contributed by atoms with Crippen molar-refractivity contribution in [1.82, 2.24) is 4.98 Å². The van der Waals surface area contributed by atoms with E-state index in [1.165, 1.54) is 5.39 Å². The van der Waals surface area contributed by atoms with Crippen LogP contribution < -0.4 is 5.73 Å². The maximum Gasteiger partial charge on any atom is 0.0347 e. The van der Waals surface area contributed by atoms with Gasteiger partial charge in [-0.2, -0.15) is 0 Å². The number of benzene rings is 1. The molecule has 0 amide bonds. The Morgan fingerprint density at radius 2 is 1.60 bits per heavy atom. The van der Waals surface area contributed by atoms with Gasteiger partial charge in [0.05, 0.1) is 0 Å². The van der Waals surface area contributed by atoms with Gasteiger partial charge in [0.1, 0.15) is 0 Å². The van der Waals surface area contributed by atoms with Gasteiger partial charge in [-0.15, -0.1) is 0 Å². The maximum absolute atomic E-state index is 5.60. The number of nitrogen functional groups attached to an aromatic ring is 1. The molecule has 0 fully saturated rings. The number of hydrogen-bond acceptors (Lipinski definition) is 2. The van der Waals surface area contributed by atoms with Gasteiger partial charge >= 0.3 is 0 Å². The summed E-state index contributed by atoms with van der Waals surface area (Å²) in [6.45, 7) is 8.00. The highest BCUT2D eigenvalue weighted by Gasteiger charge is 1.90. The summed E-state index contributed by atoms with van der Waals surface area (Å²) in [5, 5.41) is 2.27. The Hall–Kier alpha value is -1.57. The van der Waals surface area contributed by atoms with Crippen molar-refractivity contribution in [2.24, 2.45) is 0 Å². The zero-order valence-electron chi connectivity index (χ0n) is 9.99. The van der Waals surface area contributed by atoms with Gasteiger partial charge in [0, 0.05) is 23.5 Å². The summed E-state index contributed by atoms with van der Waals surface area (Å²) in [6.07, 6.45) is 3.59. The highest BCUT2D eigenvalue weighted by Crippen LogP contribution is 2.14. The number of fused-ring (bicyclic) bond motifs is 1. The molecule has 0 spiro atoms. The molecule has 2 N–H and O–H groups in total. The number of anilines is 1. The fourth-order valence-corrected chi connectivity index (χ4v) is 1.10. The van der Waals surface area contributed by atoms with Crippen LogP contribution in [0.5, 0.6) is 0 Å². The summed E-state index contributed by atoms with van der Waals surface area (Å²) in [6, 6.07) is 7.77. The molecule has 0 unspecified atom stereocenters. The first-order valence-corrected chi connectivity index (χ1v) is 5.45. The molecular weight excluding hydrogens is 184 g/mol. The van der Waals surface area contributed by atoms with Gasteiger partial charge in [-0.25, -0.2) is 0 Å². The molecule has 0 saturated heterocycles. The second-order valence-corrected chi connectivity index (χ2v) is 2.48. The number of nitrogens with two attached hydrogens (primary N) is 1. The zero-order chi connectivity index (χ0) is 11.7. The molecule has 82 valence electrons. The monoisotopic (exact) mass is 204 g/mol. The van der Waals surface area contributed by atoms with Crippen molar-refractivity contribution in [3.05, 3.63) is 36.7 Å². The van der Waals surface area contributed by atoms with Crippen molar-refractivity contribution in [2.75, 3.05) is 5.73 Å². The van der Waals surface area contributed by atoms with Gasteiger partial charge in [0.15, 0.2) is 0 Å². The predicted octanol–water partition coefficient (Wildman–Crippen LogP) is 3.87. The Balaban J connectivity index is 0.000000442. The Labute approximate surface area is 92.1 Å². The predicted molar refractivity (Wildman–Crippen MR) is 68.9 cm³/mol. The molecule has 0 aliphatic carbocycles. The normalized spacial score (nSPS) is 8.27. The third-order valence-corrected chi connectivity index (χ3v) is 1.66. The van der Waals surface area contributed by atoms with Crippen LogP contribution in [0.3, 0.4) is 0 Å². The third-order valence-electron chi connectivity index (χ3n) is 1.66. The molecule has 1 heterocycles. The van der Waals surface area contributed by atoms with Crippen molar-refractivity contribution in [3.8, 4) is 0 Å². The van der Waals surface area contributed by atoms with Gasteiger partial charge in [-0.1, -0.05) is 33.8 Å². The van der Waals surface area contributed by atoms with Gasteiger partial charge in [0.25, 0.3) is 0 Å².